The number of hydrogen-bond donors (Lipinski definition) is 4. The van der Waals surface area contributed by atoms with Crippen molar-refractivity contribution in [3.05, 3.63) is 20.0 Å². The van der Waals surface area contributed by atoms with Gasteiger partial charge in [0.05, 0.1) is 17.8 Å². The van der Waals surface area contributed by atoms with Gasteiger partial charge in [0, 0.05) is 5.92 Å². The van der Waals surface area contributed by atoms with Crippen LogP contribution in [-0.2, 0) is 4.74 Å². The lowest BCUT2D eigenvalue weighted by molar-refractivity contribution is -0.0882. The van der Waals surface area contributed by atoms with Gasteiger partial charge in [0.25, 0.3) is 5.56 Å². The van der Waals surface area contributed by atoms with Crippen LogP contribution in [-0.4, -0.2) is 42.6 Å². The van der Waals surface area contributed by atoms with Gasteiger partial charge < -0.3 is 20.7 Å². The van der Waals surface area contributed by atoms with Crippen molar-refractivity contribution in [3.63, 3.8) is 0 Å². The van der Waals surface area contributed by atoms with Crippen molar-refractivity contribution in [2.45, 2.75) is 57.6 Å². The van der Waals surface area contributed by atoms with Crippen molar-refractivity contribution >= 4 is 27.6 Å². The highest BCUT2D eigenvalue weighted by molar-refractivity contribution is 7.16. The number of nitrogen functional groups attached to an aromatic ring is 1. The molecular weight excluding hydrogens is 348 g/mol. The summed E-state index contributed by atoms with van der Waals surface area (Å²) in [6.45, 7) is 5.08. The molecule has 3 heterocycles. The quantitative estimate of drug-likeness (QED) is 0.601. The van der Waals surface area contributed by atoms with E-state index >= 15 is 0 Å². The first kappa shape index (κ1) is 18.1. The summed E-state index contributed by atoms with van der Waals surface area (Å²) in [5, 5.41) is 20.7. The zero-order chi connectivity index (χ0) is 18.5. The van der Waals surface area contributed by atoms with Gasteiger partial charge in [0.15, 0.2) is 5.65 Å². The topological polar surface area (TPSA) is 143 Å². The second-order valence-corrected chi connectivity index (χ2v) is 7.84. The predicted octanol–water partition coefficient (Wildman–Crippen LogP) is 0.174. The molecule has 0 amide bonds. The third-order valence-electron chi connectivity index (χ3n) is 4.65. The van der Waals surface area contributed by atoms with E-state index in [1.54, 1.807) is 13.8 Å². The highest BCUT2D eigenvalue weighted by Gasteiger charge is 2.47. The molecule has 0 aromatic carbocycles. The van der Waals surface area contributed by atoms with Crippen LogP contribution in [0.4, 0.5) is 5.95 Å². The number of aromatic nitrogens is 3. The SMILES string of the molecule is CCC(O)[C@@H]1C[C@@H](C(C)(C)O)[C@H](n2c(=O)sc3c(=O)[nH]c(N)nc32)O1. The first-order valence-electron chi connectivity index (χ1n) is 8.10. The molecule has 138 valence electrons. The number of aromatic amines is 1. The maximum absolute atomic E-state index is 12.5. The number of hydrogen-bond acceptors (Lipinski definition) is 8. The van der Waals surface area contributed by atoms with E-state index in [0.29, 0.717) is 12.8 Å². The Morgan fingerprint density at radius 3 is 2.80 bits per heavy atom. The molecule has 3 rings (SSSR count). The molecule has 0 aliphatic carbocycles. The Hall–Kier alpha value is -1.75. The number of nitrogens with two attached hydrogens (primary N) is 1. The smallest absolute Gasteiger partial charge is 0.311 e. The molecule has 1 aliphatic rings. The van der Waals surface area contributed by atoms with Crippen molar-refractivity contribution in [2.75, 3.05) is 5.73 Å². The number of fused-ring (bicyclic) bond motifs is 1. The van der Waals surface area contributed by atoms with Crippen molar-refractivity contribution in [1.82, 2.24) is 14.5 Å². The molecule has 2 aromatic rings. The van der Waals surface area contributed by atoms with Crippen molar-refractivity contribution in [1.29, 1.82) is 0 Å². The number of rotatable bonds is 4. The summed E-state index contributed by atoms with van der Waals surface area (Å²) >= 11 is 0.750. The number of H-pyrrole nitrogens is 1. The van der Waals surface area contributed by atoms with Crippen molar-refractivity contribution in [3.8, 4) is 0 Å². The fourth-order valence-electron chi connectivity index (χ4n) is 3.26. The monoisotopic (exact) mass is 370 g/mol. The van der Waals surface area contributed by atoms with E-state index in [1.165, 1.54) is 4.57 Å². The maximum atomic E-state index is 12.5. The predicted molar refractivity (Wildman–Crippen MR) is 93.5 cm³/mol. The maximum Gasteiger partial charge on any atom is 0.311 e. The third kappa shape index (κ3) is 3.10. The molecule has 1 saturated heterocycles. The first-order valence-corrected chi connectivity index (χ1v) is 8.91. The van der Waals surface area contributed by atoms with Crippen LogP contribution in [0.25, 0.3) is 10.3 Å². The van der Waals surface area contributed by atoms with Gasteiger partial charge in [0.1, 0.15) is 10.9 Å². The van der Waals surface area contributed by atoms with Crippen LogP contribution < -0.4 is 16.2 Å². The number of nitrogens with zero attached hydrogens (tertiary/aromatic N) is 2. The highest BCUT2D eigenvalue weighted by Crippen LogP contribution is 2.42. The Bertz CT molecular complexity index is 896. The first-order chi connectivity index (χ1) is 11.6. The van der Waals surface area contributed by atoms with Crippen LogP contribution in [0, 0.1) is 5.92 Å². The minimum Gasteiger partial charge on any atom is -0.390 e. The molecular formula is C15H22N4O5S. The molecule has 0 bridgehead atoms. The average molecular weight is 370 g/mol. The van der Waals surface area contributed by atoms with E-state index in [-0.39, 0.29) is 16.3 Å². The Morgan fingerprint density at radius 2 is 2.20 bits per heavy atom. The molecule has 0 radical (unpaired) electrons. The van der Waals surface area contributed by atoms with E-state index in [4.69, 9.17) is 10.5 Å². The molecule has 0 saturated carbocycles. The van der Waals surface area contributed by atoms with Crippen LogP contribution in [0.3, 0.4) is 0 Å². The van der Waals surface area contributed by atoms with Crippen LogP contribution in [0.2, 0.25) is 0 Å². The van der Waals surface area contributed by atoms with Gasteiger partial charge in [-0.1, -0.05) is 18.3 Å². The lowest BCUT2D eigenvalue weighted by atomic mass is 9.86. The highest BCUT2D eigenvalue weighted by atomic mass is 32.1. The largest absolute Gasteiger partial charge is 0.390 e. The number of thiazole rings is 1. The molecule has 1 unspecified atom stereocenters. The lowest BCUT2D eigenvalue weighted by Gasteiger charge is -2.29. The van der Waals surface area contributed by atoms with E-state index in [9.17, 15) is 19.8 Å². The fourth-order valence-corrected chi connectivity index (χ4v) is 4.10. The van der Waals surface area contributed by atoms with Crippen molar-refractivity contribution in [2.24, 2.45) is 5.92 Å². The van der Waals surface area contributed by atoms with Gasteiger partial charge in [-0.15, -0.1) is 0 Å². The molecule has 25 heavy (non-hydrogen) atoms. The Labute approximate surface area is 147 Å². The molecule has 10 heteroatoms. The number of aliphatic hydroxyl groups excluding tert-OH is 1. The lowest BCUT2D eigenvalue weighted by Crippen LogP contribution is -2.37. The summed E-state index contributed by atoms with van der Waals surface area (Å²) in [5.41, 5.74) is 4.08. The number of ether oxygens (including phenoxy) is 1. The van der Waals surface area contributed by atoms with Crippen LogP contribution in [0.1, 0.15) is 39.8 Å². The zero-order valence-electron chi connectivity index (χ0n) is 14.2. The van der Waals surface area contributed by atoms with Crippen LogP contribution in [0.15, 0.2) is 9.59 Å². The summed E-state index contributed by atoms with van der Waals surface area (Å²) in [4.78, 5) is 30.6. The number of anilines is 1. The molecule has 1 aliphatic heterocycles. The minimum atomic E-state index is -1.16. The van der Waals surface area contributed by atoms with Gasteiger partial charge in [-0.05, 0) is 26.7 Å². The fraction of sp³-hybridized carbons (Fsp3) is 0.667. The van der Waals surface area contributed by atoms with Gasteiger partial charge in [0.2, 0.25) is 5.95 Å². The molecule has 9 nitrogen and oxygen atoms in total. The Morgan fingerprint density at radius 1 is 1.52 bits per heavy atom. The summed E-state index contributed by atoms with van der Waals surface area (Å²) in [6.07, 6.45) is -1.21. The zero-order valence-corrected chi connectivity index (χ0v) is 15.0. The second kappa shape index (κ2) is 6.20. The van der Waals surface area contributed by atoms with E-state index < -0.39 is 40.4 Å². The van der Waals surface area contributed by atoms with E-state index in [2.05, 4.69) is 9.97 Å². The Balaban J connectivity index is 2.16. The molecule has 2 aromatic heterocycles. The van der Waals surface area contributed by atoms with Gasteiger partial charge in [-0.2, -0.15) is 4.98 Å². The van der Waals surface area contributed by atoms with Gasteiger partial charge in [-0.25, -0.2) is 0 Å². The van der Waals surface area contributed by atoms with Crippen molar-refractivity contribution < 1.29 is 14.9 Å². The summed E-state index contributed by atoms with van der Waals surface area (Å²) in [7, 11) is 0. The molecule has 0 spiro atoms. The summed E-state index contributed by atoms with van der Waals surface area (Å²) < 4.78 is 7.34. The summed E-state index contributed by atoms with van der Waals surface area (Å²) in [5.74, 6) is -0.566. The minimum absolute atomic E-state index is 0.105. The molecule has 5 N–H and O–H groups in total. The third-order valence-corrected chi connectivity index (χ3v) is 5.59. The van der Waals surface area contributed by atoms with Crippen LogP contribution in [0.5, 0.6) is 0 Å². The second-order valence-electron chi connectivity index (χ2n) is 6.88. The van der Waals surface area contributed by atoms with E-state index in [0.717, 1.165) is 11.3 Å². The normalized spacial score (nSPS) is 25.6. The summed E-state index contributed by atoms with van der Waals surface area (Å²) in [6, 6.07) is 0. The van der Waals surface area contributed by atoms with Gasteiger partial charge >= 0.3 is 4.87 Å². The van der Waals surface area contributed by atoms with E-state index in [1.807, 2.05) is 6.92 Å². The average Bonchev–Trinajstić information content (AvgIpc) is 3.07. The van der Waals surface area contributed by atoms with Gasteiger partial charge in [-0.3, -0.25) is 19.1 Å². The standard InChI is InChI=1S/C15H22N4O5S/c1-4-7(20)8-5-6(15(2,3)23)12(24-8)19-10-9(25-14(19)22)11(21)18-13(16)17-10/h6-8,12,20,23H,4-5H2,1-3H3,(H3,16,17,18,21)/t6-,7?,8+,12-/m1/s1. The Kier molecular flexibility index (Phi) is 4.48. The number of nitrogens with one attached hydrogen (secondary N) is 1. The number of aliphatic hydroxyl groups is 2. The molecule has 4 atom stereocenters. The molecule has 1 fully saturated rings. The van der Waals surface area contributed by atoms with Crippen LogP contribution >= 0.6 is 11.3 Å².